The third kappa shape index (κ3) is 7.61. The van der Waals surface area contributed by atoms with E-state index < -0.39 is 30.3 Å². The highest BCUT2D eigenvalue weighted by Gasteiger charge is 2.48. The van der Waals surface area contributed by atoms with Crippen molar-refractivity contribution in [3.05, 3.63) is 65.6 Å². The number of piperazine rings is 1. The number of amides is 1. The third-order valence-electron chi connectivity index (χ3n) is 8.76. The van der Waals surface area contributed by atoms with Gasteiger partial charge in [0.05, 0.1) is 38.1 Å². The maximum atomic E-state index is 15.1. The number of hydrogen-bond donors (Lipinski definition) is 1. The van der Waals surface area contributed by atoms with E-state index in [4.69, 9.17) is 20.8 Å². The number of halogens is 2. The Morgan fingerprint density at radius 1 is 1.08 bits per heavy atom. The van der Waals surface area contributed by atoms with Gasteiger partial charge in [-0.25, -0.2) is 28.4 Å². The number of benzene rings is 2. The summed E-state index contributed by atoms with van der Waals surface area (Å²) in [5.41, 5.74) is 3.58. The van der Waals surface area contributed by atoms with E-state index in [-0.39, 0.29) is 24.4 Å². The van der Waals surface area contributed by atoms with Gasteiger partial charge < -0.3 is 29.3 Å². The minimum absolute atomic E-state index is 0.0470. The van der Waals surface area contributed by atoms with Crippen molar-refractivity contribution in [3.63, 3.8) is 0 Å². The quantitative estimate of drug-likeness (QED) is 0.293. The first-order chi connectivity index (χ1) is 22.9. The Hall–Kier alpha value is -4.54. The van der Waals surface area contributed by atoms with E-state index in [1.807, 2.05) is 13.0 Å². The zero-order chi connectivity index (χ0) is 34.1. The number of piperidine rings is 1. The molecule has 13 heteroatoms. The topological polar surface area (TPSA) is 96.7 Å². The Balaban J connectivity index is 1.10. The molecule has 3 fully saturated rings. The lowest BCUT2D eigenvalue weighted by Crippen LogP contribution is -2.56. The van der Waals surface area contributed by atoms with E-state index >= 15 is 8.78 Å². The molecule has 0 bridgehead atoms. The van der Waals surface area contributed by atoms with Gasteiger partial charge in [0, 0.05) is 56.7 Å². The summed E-state index contributed by atoms with van der Waals surface area (Å²) < 4.78 is 46.5. The number of aryl methyl sites for hydroxylation is 1. The van der Waals surface area contributed by atoms with Gasteiger partial charge in [-0.2, -0.15) is 0 Å². The number of alkyl halides is 2. The number of nitrogens with one attached hydrogen (secondary N) is 1. The van der Waals surface area contributed by atoms with Gasteiger partial charge >= 0.3 is 12.0 Å². The molecule has 3 aliphatic rings. The molecule has 0 aliphatic carbocycles. The summed E-state index contributed by atoms with van der Waals surface area (Å²) >= 11 is 0. The van der Waals surface area contributed by atoms with E-state index in [0.29, 0.717) is 23.2 Å². The molecule has 3 aliphatic heterocycles. The van der Waals surface area contributed by atoms with E-state index in [2.05, 4.69) is 42.1 Å². The number of ether oxygens (including phenoxy) is 3. The number of rotatable bonds is 7. The van der Waals surface area contributed by atoms with Gasteiger partial charge in [-0.15, -0.1) is 0 Å². The van der Waals surface area contributed by atoms with Crippen LogP contribution in [0.4, 0.5) is 36.6 Å². The maximum Gasteiger partial charge on any atom is 0.410 e. The van der Waals surface area contributed by atoms with E-state index in [1.165, 1.54) is 11.8 Å². The van der Waals surface area contributed by atoms with Gasteiger partial charge in [-0.05, 0) is 75.2 Å². The van der Waals surface area contributed by atoms with Gasteiger partial charge in [0.15, 0.2) is 6.10 Å². The van der Waals surface area contributed by atoms with Crippen molar-refractivity contribution >= 4 is 29.1 Å². The number of hydrogen-bond acceptors (Lipinski definition) is 9. The van der Waals surface area contributed by atoms with Crippen LogP contribution in [0, 0.1) is 13.5 Å². The molecule has 48 heavy (non-hydrogen) atoms. The Kier molecular flexibility index (Phi) is 9.40. The zero-order valence-corrected chi connectivity index (χ0v) is 27.7. The van der Waals surface area contributed by atoms with Crippen LogP contribution < -0.4 is 15.0 Å². The Labute approximate surface area is 279 Å². The van der Waals surface area contributed by atoms with Crippen molar-refractivity contribution < 1.29 is 27.8 Å². The van der Waals surface area contributed by atoms with Crippen molar-refractivity contribution in [3.8, 4) is 17.0 Å². The largest absolute Gasteiger partial charge is 0.495 e. The van der Waals surface area contributed by atoms with Gasteiger partial charge in [0.25, 0.3) is 0 Å². The second kappa shape index (κ2) is 13.5. The minimum Gasteiger partial charge on any atom is -0.495 e. The van der Waals surface area contributed by atoms with Crippen LogP contribution in [0.2, 0.25) is 0 Å². The number of likely N-dealkylation sites (tertiary alicyclic amines) is 1. The molecule has 254 valence electrons. The smallest absolute Gasteiger partial charge is 0.410 e. The van der Waals surface area contributed by atoms with E-state index in [1.54, 1.807) is 45.2 Å². The average molecular weight is 662 g/mol. The zero-order valence-electron chi connectivity index (χ0n) is 27.7. The summed E-state index contributed by atoms with van der Waals surface area (Å²) in [6, 6.07) is 13.3. The fourth-order valence-electron chi connectivity index (χ4n) is 6.03. The van der Waals surface area contributed by atoms with Gasteiger partial charge in [-0.1, -0.05) is 6.07 Å². The number of aromatic nitrogens is 2. The lowest BCUT2D eigenvalue weighted by atomic mass is 10.0. The summed E-state index contributed by atoms with van der Waals surface area (Å²) in [5.74, 6) is -2.90. The molecule has 11 nitrogen and oxygen atoms in total. The van der Waals surface area contributed by atoms with E-state index in [0.717, 1.165) is 55.5 Å². The van der Waals surface area contributed by atoms with Crippen LogP contribution in [0.1, 0.15) is 32.8 Å². The monoisotopic (exact) mass is 661 g/mol. The summed E-state index contributed by atoms with van der Waals surface area (Å²) in [5, 5.41) is 3.31. The second-order valence-electron chi connectivity index (χ2n) is 13.5. The molecular formula is C35H41F2N7O4. The lowest BCUT2D eigenvalue weighted by Gasteiger charge is -2.43. The summed E-state index contributed by atoms with van der Waals surface area (Å²) in [6.07, 6.45) is -0.775. The molecule has 3 aromatic rings. The maximum absolute atomic E-state index is 15.1. The normalized spacial score (nSPS) is 20.1. The Morgan fingerprint density at radius 2 is 1.85 bits per heavy atom. The van der Waals surface area contributed by atoms with Crippen LogP contribution in [0.5, 0.6) is 5.75 Å². The minimum atomic E-state index is -3.34. The average Bonchev–Trinajstić information content (AvgIpc) is 3.02. The van der Waals surface area contributed by atoms with Crippen molar-refractivity contribution in [1.29, 1.82) is 0 Å². The first-order valence-electron chi connectivity index (χ1n) is 16.2. The molecule has 1 atom stereocenters. The van der Waals surface area contributed by atoms with Crippen LogP contribution in [0.15, 0.2) is 48.7 Å². The molecule has 3 saturated heterocycles. The Bertz CT molecular complexity index is 1680. The molecule has 1 N–H and O–H groups in total. The Morgan fingerprint density at radius 3 is 2.50 bits per heavy atom. The first kappa shape index (κ1) is 33.4. The van der Waals surface area contributed by atoms with Gasteiger partial charge in [0.2, 0.25) is 11.6 Å². The highest BCUT2D eigenvalue weighted by Crippen LogP contribution is 2.38. The van der Waals surface area contributed by atoms with Crippen LogP contribution in [0.25, 0.3) is 16.1 Å². The SMILES string of the molecule is [C-]#[N+]c1cc(-c2ccnc(Nc3ccc(N4CCN(C5COC5)CC4)cc3C)n2)ccc1OC1CCN(C(=O)OC(C)(C)C)CC1(F)F. The number of carbonyl (C=O) groups is 1. The molecule has 0 radical (unpaired) electrons. The first-order valence-corrected chi connectivity index (χ1v) is 16.2. The van der Waals surface area contributed by atoms with Crippen molar-refractivity contribution in [2.75, 3.05) is 62.7 Å². The number of carbonyl (C=O) groups excluding carboxylic acids is 1. The third-order valence-corrected chi connectivity index (χ3v) is 8.76. The fraction of sp³-hybridized carbons (Fsp3) is 0.486. The summed E-state index contributed by atoms with van der Waals surface area (Å²) in [4.78, 5) is 30.9. The molecule has 0 spiro atoms. The van der Waals surface area contributed by atoms with Crippen LogP contribution >= 0.6 is 0 Å². The van der Waals surface area contributed by atoms with Crippen LogP contribution in [-0.2, 0) is 9.47 Å². The summed E-state index contributed by atoms with van der Waals surface area (Å²) in [7, 11) is 0. The molecule has 1 aromatic heterocycles. The lowest BCUT2D eigenvalue weighted by molar-refractivity contribution is -0.137. The molecule has 2 aromatic carbocycles. The number of nitrogens with zero attached hydrogens (tertiary/aromatic N) is 6. The van der Waals surface area contributed by atoms with Gasteiger partial charge in [-0.3, -0.25) is 4.90 Å². The fourth-order valence-corrected chi connectivity index (χ4v) is 6.03. The molecule has 0 saturated carbocycles. The highest BCUT2D eigenvalue weighted by molar-refractivity contribution is 5.72. The molecule has 4 heterocycles. The molecule has 1 amide bonds. The predicted molar refractivity (Wildman–Crippen MR) is 178 cm³/mol. The van der Waals surface area contributed by atoms with Crippen molar-refractivity contribution in [2.45, 2.75) is 57.8 Å². The van der Waals surface area contributed by atoms with Crippen molar-refractivity contribution in [1.82, 2.24) is 19.8 Å². The predicted octanol–water partition coefficient (Wildman–Crippen LogP) is 6.29. The second-order valence-corrected chi connectivity index (χ2v) is 13.5. The standard InChI is InChI=1S/C35H41F2N7O4/c1-23-18-25(42-14-16-43(17-15-42)26-20-46-21-26)7-8-27(23)40-32-39-12-10-28(41-32)24-6-9-30(29(19-24)38-5)47-31-11-13-44(22-35(31,36)37)33(45)48-34(2,3)4/h6-10,12,18-19,26,31H,11,13-17,20-22H2,1-4H3,(H,39,40,41). The van der Waals surface area contributed by atoms with Gasteiger partial charge in [0.1, 0.15) is 11.4 Å². The van der Waals surface area contributed by atoms with Crippen molar-refractivity contribution in [2.24, 2.45) is 0 Å². The van der Waals surface area contributed by atoms with Crippen LogP contribution in [0.3, 0.4) is 0 Å². The number of anilines is 3. The summed E-state index contributed by atoms with van der Waals surface area (Å²) in [6.45, 7) is 19.7. The van der Waals surface area contributed by atoms with Crippen LogP contribution in [-0.4, -0.2) is 102 Å². The molecule has 6 rings (SSSR count). The molecular weight excluding hydrogens is 620 g/mol. The highest BCUT2D eigenvalue weighted by atomic mass is 19.3. The molecule has 1 unspecified atom stereocenters. The van der Waals surface area contributed by atoms with E-state index in [9.17, 15) is 4.79 Å².